The van der Waals surface area contributed by atoms with Gasteiger partial charge in [-0.1, -0.05) is 41.9 Å². The second-order valence-electron chi connectivity index (χ2n) is 8.51. The van der Waals surface area contributed by atoms with Crippen LogP contribution < -0.4 is 5.32 Å². The first kappa shape index (κ1) is 27.3. The number of hydrogen-bond acceptors (Lipinski definition) is 6. The van der Waals surface area contributed by atoms with Crippen molar-refractivity contribution in [1.29, 1.82) is 0 Å². The number of carbonyl (C=O) groups excluding carboxylic acids is 1. The minimum Gasteiger partial charge on any atom is -0.342 e. The minimum atomic E-state index is -4.65. The van der Waals surface area contributed by atoms with E-state index in [1.165, 1.54) is 17.2 Å². The Hall–Kier alpha value is -3.77. The molecular weight excluding hydrogens is 541 g/mol. The van der Waals surface area contributed by atoms with Crippen molar-refractivity contribution < 1.29 is 22.2 Å². The summed E-state index contributed by atoms with van der Waals surface area (Å²) in [5.41, 5.74) is 0.0524. The van der Waals surface area contributed by atoms with E-state index in [1.54, 1.807) is 25.3 Å². The second kappa shape index (κ2) is 10.9. The zero-order chi connectivity index (χ0) is 27.5. The van der Waals surface area contributed by atoms with E-state index in [1.807, 2.05) is 30.3 Å². The fourth-order valence-electron chi connectivity index (χ4n) is 3.65. The Morgan fingerprint density at radius 1 is 1.13 bits per heavy atom. The SMILES string of the molecule is C[C@H](NC(=O)c1cc(Cl)cc(C(F)(F)F)c1)c1ncnn1-c1ccc(N=S(C)(=O)Cc2ccccc2)cn1. The van der Waals surface area contributed by atoms with E-state index in [0.717, 1.165) is 23.8 Å². The molecule has 0 saturated heterocycles. The number of alkyl halides is 3. The van der Waals surface area contributed by atoms with Gasteiger partial charge in [-0.3, -0.25) is 4.79 Å². The molecule has 1 unspecified atom stereocenters. The summed E-state index contributed by atoms with van der Waals surface area (Å²) in [6.07, 6.45) is -0.367. The molecule has 1 amide bonds. The largest absolute Gasteiger partial charge is 0.416 e. The number of amides is 1. The molecule has 0 saturated carbocycles. The highest BCUT2D eigenvalue weighted by atomic mass is 35.5. The van der Waals surface area contributed by atoms with Gasteiger partial charge in [0.25, 0.3) is 5.91 Å². The summed E-state index contributed by atoms with van der Waals surface area (Å²) in [5, 5.41) is 6.54. The Morgan fingerprint density at radius 2 is 1.87 bits per heavy atom. The van der Waals surface area contributed by atoms with Gasteiger partial charge in [0, 0.05) is 16.8 Å². The van der Waals surface area contributed by atoms with Gasteiger partial charge in [0.2, 0.25) is 0 Å². The number of halogens is 4. The van der Waals surface area contributed by atoms with Gasteiger partial charge in [-0.15, -0.1) is 0 Å². The van der Waals surface area contributed by atoms with Crippen LogP contribution in [0, 0.1) is 0 Å². The minimum absolute atomic E-state index is 0.213. The number of aromatic nitrogens is 4. The average Bonchev–Trinajstić information content (AvgIpc) is 3.34. The van der Waals surface area contributed by atoms with Crippen molar-refractivity contribution in [2.45, 2.75) is 24.9 Å². The third kappa shape index (κ3) is 6.75. The number of benzene rings is 2. The Kier molecular flexibility index (Phi) is 7.83. The molecule has 2 aromatic heterocycles. The summed E-state index contributed by atoms with van der Waals surface area (Å²) in [5.74, 6) is 0.164. The maximum Gasteiger partial charge on any atom is 0.416 e. The zero-order valence-electron chi connectivity index (χ0n) is 20.2. The maximum atomic E-state index is 13.1. The van der Waals surface area contributed by atoms with E-state index >= 15 is 0 Å². The first-order chi connectivity index (χ1) is 17.9. The lowest BCUT2D eigenvalue weighted by atomic mass is 10.1. The van der Waals surface area contributed by atoms with Crippen molar-refractivity contribution in [2.24, 2.45) is 4.36 Å². The molecule has 13 heteroatoms. The average molecular weight is 563 g/mol. The summed E-state index contributed by atoms with van der Waals surface area (Å²) in [6, 6.07) is 14.5. The predicted molar refractivity (Wildman–Crippen MR) is 138 cm³/mol. The molecule has 0 aliphatic carbocycles. The van der Waals surface area contributed by atoms with Crippen molar-refractivity contribution in [3.8, 4) is 5.82 Å². The van der Waals surface area contributed by atoms with Crippen molar-refractivity contribution in [3.63, 3.8) is 0 Å². The Morgan fingerprint density at radius 3 is 2.53 bits per heavy atom. The van der Waals surface area contributed by atoms with Crippen molar-refractivity contribution in [1.82, 2.24) is 25.1 Å². The third-order valence-corrected chi connectivity index (χ3v) is 7.01. The molecule has 0 fully saturated rings. The van der Waals surface area contributed by atoms with Crippen LogP contribution in [0.15, 0.2) is 77.6 Å². The standard InChI is InChI=1S/C25H22ClF3N6O2S/c1-16(33-24(36)18-10-19(25(27,28)29)12-20(26)11-18)23-31-15-32-35(23)22-9-8-21(13-30-22)34-38(2,37)14-17-6-4-3-5-7-17/h3-13,15-16H,14H2,1-2H3,(H,33,36)/t16-,38?/m0/s1. The van der Waals surface area contributed by atoms with Crippen LogP contribution in [-0.2, 0) is 21.7 Å². The Balaban J connectivity index is 1.51. The Bertz CT molecular complexity index is 1570. The zero-order valence-corrected chi connectivity index (χ0v) is 21.8. The van der Waals surface area contributed by atoms with Crippen LogP contribution in [0.3, 0.4) is 0 Å². The lowest BCUT2D eigenvalue weighted by Crippen LogP contribution is -2.29. The molecule has 2 aromatic carbocycles. The fraction of sp³-hybridized carbons (Fsp3) is 0.200. The van der Waals surface area contributed by atoms with Crippen LogP contribution >= 0.6 is 11.6 Å². The first-order valence-corrected chi connectivity index (χ1v) is 13.7. The van der Waals surface area contributed by atoms with Gasteiger partial charge >= 0.3 is 6.18 Å². The quantitative estimate of drug-likeness (QED) is 0.309. The van der Waals surface area contributed by atoms with Crippen molar-refractivity contribution in [3.05, 3.63) is 101 Å². The second-order valence-corrected chi connectivity index (χ2v) is 11.3. The molecule has 8 nitrogen and oxygen atoms in total. The molecule has 1 N–H and O–H groups in total. The van der Waals surface area contributed by atoms with Gasteiger partial charge in [-0.25, -0.2) is 14.2 Å². The smallest absolute Gasteiger partial charge is 0.342 e. The summed E-state index contributed by atoms with van der Waals surface area (Å²) in [7, 11) is -2.56. The highest BCUT2D eigenvalue weighted by Gasteiger charge is 2.32. The number of pyridine rings is 1. The molecule has 198 valence electrons. The van der Waals surface area contributed by atoms with Crippen LogP contribution in [0.2, 0.25) is 5.02 Å². The molecule has 0 radical (unpaired) electrons. The number of nitrogens with zero attached hydrogens (tertiary/aromatic N) is 5. The van der Waals surface area contributed by atoms with Gasteiger partial charge < -0.3 is 5.32 Å². The van der Waals surface area contributed by atoms with Crippen LogP contribution in [0.4, 0.5) is 18.9 Å². The molecule has 38 heavy (non-hydrogen) atoms. The molecular formula is C25H22ClF3N6O2S. The van der Waals surface area contributed by atoms with Gasteiger partial charge in [-0.2, -0.15) is 27.3 Å². The molecule has 2 atom stereocenters. The maximum absolute atomic E-state index is 13.1. The van der Waals surface area contributed by atoms with E-state index in [2.05, 4.69) is 24.7 Å². The summed E-state index contributed by atoms with van der Waals surface area (Å²) < 4.78 is 58.0. The van der Waals surface area contributed by atoms with E-state index in [-0.39, 0.29) is 22.2 Å². The Labute approximate surface area is 222 Å². The molecule has 2 heterocycles. The molecule has 0 aliphatic rings. The highest BCUT2D eigenvalue weighted by Crippen LogP contribution is 2.32. The lowest BCUT2D eigenvalue weighted by molar-refractivity contribution is -0.137. The predicted octanol–water partition coefficient (Wildman–Crippen LogP) is 5.76. The normalized spacial score (nSPS) is 13.9. The van der Waals surface area contributed by atoms with E-state index in [9.17, 15) is 22.2 Å². The topological polar surface area (TPSA) is 102 Å². The fourth-order valence-corrected chi connectivity index (χ4v) is 5.31. The van der Waals surface area contributed by atoms with Crippen molar-refractivity contribution in [2.75, 3.05) is 6.26 Å². The van der Waals surface area contributed by atoms with Crippen LogP contribution in [0.5, 0.6) is 0 Å². The van der Waals surface area contributed by atoms with Gasteiger partial charge in [-0.05, 0) is 42.8 Å². The monoisotopic (exact) mass is 562 g/mol. The first-order valence-electron chi connectivity index (χ1n) is 11.2. The van der Waals surface area contributed by atoms with Crippen molar-refractivity contribution >= 4 is 32.9 Å². The molecule has 0 bridgehead atoms. The van der Waals surface area contributed by atoms with Gasteiger partial charge in [0.1, 0.15) is 6.33 Å². The number of nitrogens with one attached hydrogen (secondary N) is 1. The van der Waals surface area contributed by atoms with Crippen LogP contribution in [0.25, 0.3) is 5.82 Å². The number of rotatable bonds is 7. The van der Waals surface area contributed by atoms with Crippen LogP contribution in [-0.4, -0.2) is 36.1 Å². The summed E-state index contributed by atoms with van der Waals surface area (Å²) in [4.78, 5) is 21.2. The summed E-state index contributed by atoms with van der Waals surface area (Å²) >= 11 is 5.79. The molecule has 0 aliphatic heterocycles. The van der Waals surface area contributed by atoms with E-state index in [4.69, 9.17) is 11.6 Å². The molecule has 4 rings (SSSR count). The molecule has 4 aromatic rings. The van der Waals surface area contributed by atoms with E-state index in [0.29, 0.717) is 11.5 Å². The van der Waals surface area contributed by atoms with Crippen LogP contribution in [0.1, 0.15) is 40.3 Å². The number of hydrogen-bond donors (Lipinski definition) is 1. The summed E-state index contributed by atoms with van der Waals surface area (Å²) in [6.45, 7) is 1.60. The van der Waals surface area contributed by atoms with Gasteiger partial charge in [0.05, 0.1) is 39.0 Å². The molecule has 0 spiro atoms. The van der Waals surface area contributed by atoms with Gasteiger partial charge in [0.15, 0.2) is 11.6 Å². The highest BCUT2D eigenvalue weighted by molar-refractivity contribution is 7.92. The van der Waals surface area contributed by atoms with E-state index < -0.39 is 33.4 Å². The number of carbonyl (C=O) groups is 1. The lowest BCUT2D eigenvalue weighted by Gasteiger charge is -2.15. The third-order valence-electron chi connectivity index (χ3n) is 5.32.